The van der Waals surface area contributed by atoms with Crippen molar-refractivity contribution < 1.29 is 14.3 Å². The molecule has 0 spiro atoms. The summed E-state index contributed by atoms with van der Waals surface area (Å²) >= 11 is 0. The Morgan fingerprint density at radius 3 is 2.61 bits per heavy atom. The minimum atomic E-state index is -0.210. The van der Waals surface area contributed by atoms with Gasteiger partial charge >= 0.3 is 0 Å². The minimum Gasteiger partial charge on any atom is -0.497 e. The predicted octanol–water partition coefficient (Wildman–Crippen LogP) is -0.0307. The molecule has 0 bridgehead atoms. The largest absolute Gasteiger partial charge is 0.497 e. The van der Waals surface area contributed by atoms with Gasteiger partial charge in [-0.3, -0.25) is 9.59 Å². The molecule has 1 aromatic carbocycles. The zero-order chi connectivity index (χ0) is 13.2. The molecule has 0 fully saturated rings. The summed E-state index contributed by atoms with van der Waals surface area (Å²) in [6, 6.07) is 7.51. The van der Waals surface area contributed by atoms with Gasteiger partial charge in [0.25, 0.3) is 0 Å². The molecule has 0 aliphatic rings. The zero-order valence-electron chi connectivity index (χ0n) is 10.2. The fraction of sp³-hybridized carbons (Fsp3) is 0.333. The van der Waals surface area contributed by atoms with Crippen LogP contribution < -0.4 is 20.7 Å². The SMILES string of the molecule is COc1ccc(NCCNC(=O)CNC=O)cc1. The Morgan fingerprint density at radius 2 is 2.00 bits per heavy atom. The molecule has 0 heterocycles. The van der Waals surface area contributed by atoms with Crippen molar-refractivity contribution in [1.29, 1.82) is 0 Å². The van der Waals surface area contributed by atoms with Gasteiger partial charge in [-0.1, -0.05) is 0 Å². The highest BCUT2D eigenvalue weighted by molar-refractivity contribution is 5.79. The van der Waals surface area contributed by atoms with Crippen LogP contribution in [0.3, 0.4) is 0 Å². The molecule has 6 heteroatoms. The molecule has 98 valence electrons. The van der Waals surface area contributed by atoms with E-state index < -0.39 is 0 Å². The lowest BCUT2D eigenvalue weighted by atomic mass is 10.3. The number of ether oxygens (including phenoxy) is 1. The summed E-state index contributed by atoms with van der Waals surface area (Å²) in [5.41, 5.74) is 0.955. The van der Waals surface area contributed by atoms with Crippen molar-refractivity contribution in [3.05, 3.63) is 24.3 Å². The standard InChI is InChI=1S/C12H17N3O3/c1-18-11-4-2-10(3-5-11)14-6-7-15-12(17)8-13-9-16/h2-5,9,14H,6-8H2,1H3,(H,13,16)(H,15,17). The molecule has 1 aromatic rings. The number of anilines is 1. The van der Waals surface area contributed by atoms with Crippen LogP contribution in [0.15, 0.2) is 24.3 Å². The van der Waals surface area contributed by atoms with Crippen molar-refractivity contribution in [1.82, 2.24) is 10.6 Å². The Hall–Kier alpha value is -2.24. The molecular formula is C12H17N3O3. The van der Waals surface area contributed by atoms with E-state index in [0.717, 1.165) is 11.4 Å². The summed E-state index contributed by atoms with van der Waals surface area (Å²) in [5.74, 6) is 0.590. The highest BCUT2D eigenvalue weighted by Crippen LogP contribution is 2.14. The Bertz CT molecular complexity index is 379. The van der Waals surface area contributed by atoms with Crippen LogP contribution in [0.1, 0.15) is 0 Å². The van der Waals surface area contributed by atoms with Gasteiger partial charge in [-0.15, -0.1) is 0 Å². The second-order valence-electron chi connectivity index (χ2n) is 3.50. The predicted molar refractivity (Wildman–Crippen MR) is 68.6 cm³/mol. The number of nitrogens with one attached hydrogen (secondary N) is 3. The maximum Gasteiger partial charge on any atom is 0.239 e. The summed E-state index contributed by atoms with van der Waals surface area (Å²) in [5, 5.41) is 8.10. The van der Waals surface area contributed by atoms with E-state index in [-0.39, 0.29) is 12.5 Å². The second kappa shape index (κ2) is 7.94. The van der Waals surface area contributed by atoms with Crippen LogP contribution in [-0.4, -0.2) is 39.1 Å². The number of amides is 2. The average Bonchev–Trinajstić information content (AvgIpc) is 2.42. The maximum absolute atomic E-state index is 11.1. The van der Waals surface area contributed by atoms with Crippen molar-refractivity contribution in [3.63, 3.8) is 0 Å². The van der Waals surface area contributed by atoms with Gasteiger partial charge < -0.3 is 20.7 Å². The van der Waals surface area contributed by atoms with Gasteiger partial charge in [-0.2, -0.15) is 0 Å². The Labute approximate surface area is 106 Å². The number of rotatable bonds is 8. The van der Waals surface area contributed by atoms with E-state index in [1.807, 2.05) is 24.3 Å². The molecule has 0 unspecified atom stereocenters. The normalized spacial score (nSPS) is 9.39. The topological polar surface area (TPSA) is 79.5 Å². The van der Waals surface area contributed by atoms with Gasteiger partial charge in [0.15, 0.2) is 0 Å². The van der Waals surface area contributed by atoms with Crippen molar-refractivity contribution in [2.75, 3.05) is 32.1 Å². The van der Waals surface area contributed by atoms with Gasteiger partial charge in [0.1, 0.15) is 5.75 Å². The van der Waals surface area contributed by atoms with E-state index >= 15 is 0 Å². The van der Waals surface area contributed by atoms with Crippen molar-refractivity contribution in [3.8, 4) is 5.75 Å². The van der Waals surface area contributed by atoms with Crippen LogP contribution in [0.5, 0.6) is 5.75 Å². The number of benzene rings is 1. The number of carbonyl (C=O) groups excluding carboxylic acids is 2. The van der Waals surface area contributed by atoms with Crippen molar-refractivity contribution in [2.24, 2.45) is 0 Å². The first-order valence-electron chi connectivity index (χ1n) is 5.58. The van der Waals surface area contributed by atoms with Crippen LogP contribution in [-0.2, 0) is 9.59 Å². The quantitative estimate of drug-likeness (QED) is 0.448. The Balaban J connectivity index is 2.17. The maximum atomic E-state index is 11.1. The first-order chi connectivity index (χ1) is 8.76. The van der Waals surface area contributed by atoms with Gasteiger partial charge in [-0.05, 0) is 24.3 Å². The third-order valence-corrected chi connectivity index (χ3v) is 2.21. The summed E-state index contributed by atoms with van der Waals surface area (Å²) in [7, 11) is 1.62. The molecular weight excluding hydrogens is 234 g/mol. The molecule has 0 radical (unpaired) electrons. The minimum absolute atomic E-state index is 0.00599. The molecule has 0 saturated carbocycles. The van der Waals surface area contributed by atoms with Gasteiger partial charge in [0.2, 0.25) is 12.3 Å². The van der Waals surface area contributed by atoms with E-state index in [1.54, 1.807) is 7.11 Å². The third kappa shape index (κ3) is 5.20. The van der Waals surface area contributed by atoms with Crippen molar-refractivity contribution >= 4 is 18.0 Å². The van der Waals surface area contributed by atoms with Crippen LogP contribution in [0, 0.1) is 0 Å². The number of hydrogen-bond acceptors (Lipinski definition) is 4. The molecule has 0 saturated heterocycles. The molecule has 0 aromatic heterocycles. The van der Waals surface area contributed by atoms with Crippen LogP contribution in [0.4, 0.5) is 5.69 Å². The Morgan fingerprint density at radius 1 is 1.28 bits per heavy atom. The van der Waals surface area contributed by atoms with E-state index in [9.17, 15) is 9.59 Å². The monoisotopic (exact) mass is 251 g/mol. The second-order valence-corrected chi connectivity index (χ2v) is 3.50. The van der Waals surface area contributed by atoms with Gasteiger partial charge in [-0.25, -0.2) is 0 Å². The van der Waals surface area contributed by atoms with Gasteiger partial charge in [0, 0.05) is 18.8 Å². The van der Waals surface area contributed by atoms with E-state index in [2.05, 4.69) is 16.0 Å². The first-order valence-corrected chi connectivity index (χ1v) is 5.58. The molecule has 2 amide bonds. The average molecular weight is 251 g/mol. The van der Waals surface area contributed by atoms with E-state index in [0.29, 0.717) is 19.5 Å². The van der Waals surface area contributed by atoms with E-state index in [4.69, 9.17) is 4.74 Å². The molecule has 6 nitrogen and oxygen atoms in total. The summed E-state index contributed by atoms with van der Waals surface area (Å²) in [6.07, 6.45) is 0.495. The number of methoxy groups -OCH3 is 1. The number of hydrogen-bond donors (Lipinski definition) is 3. The van der Waals surface area contributed by atoms with Crippen molar-refractivity contribution in [2.45, 2.75) is 0 Å². The zero-order valence-corrected chi connectivity index (χ0v) is 10.2. The smallest absolute Gasteiger partial charge is 0.239 e. The molecule has 0 aliphatic carbocycles. The fourth-order valence-corrected chi connectivity index (χ4v) is 1.31. The summed E-state index contributed by atoms with van der Waals surface area (Å²) in [4.78, 5) is 21.1. The highest BCUT2D eigenvalue weighted by Gasteiger charge is 1.98. The summed E-state index contributed by atoms with van der Waals surface area (Å²) in [6.45, 7) is 1.11. The summed E-state index contributed by atoms with van der Waals surface area (Å²) < 4.78 is 5.04. The molecule has 3 N–H and O–H groups in total. The molecule has 1 rings (SSSR count). The van der Waals surface area contributed by atoms with Gasteiger partial charge in [0.05, 0.1) is 13.7 Å². The lowest BCUT2D eigenvalue weighted by Gasteiger charge is -2.08. The first kappa shape index (κ1) is 13.8. The van der Waals surface area contributed by atoms with Crippen LogP contribution >= 0.6 is 0 Å². The number of carbonyl (C=O) groups is 2. The lowest BCUT2D eigenvalue weighted by Crippen LogP contribution is -2.35. The van der Waals surface area contributed by atoms with Crippen LogP contribution in [0.25, 0.3) is 0 Å². The van der Waals surface area contributed by atoms with Crippen LogP contribution in [0.2, 0.25) is 0 Å². The Kier molecular flexibility index (Phi) is 6.10. The lowest BCUT2D eigenvalue weighted by molar-refractivity contribution is -0.122. The third-order valence-electron chi connectivity index (χ3n) is 2.21. The highest BCUT2D eigenvalue weighted by atomic mass is 16.5. The molecule has 0 aliphatic heterocycles. The fourth-order valence-electron chi connectivity index (χ4n) is 1.31. The van der Waals surface area contributed by atoms with E-state index in [1.165, 1.54) is 0 Å². The molecule has 18 heavy (non-hydrogen) atoms. The molecule has 0 atom stereocenters.